The molecule has 2 aliphatic rings. The average Bonchev–Trinajstić information content (AvgIpc) is 3.15. The maximum atomic E-state index is 5.44. The second-order valence-electron chi connectivity index (χ2n) is 6.63. The molecule has 1 unspecified atom stereocenters. The van der Waals surface area contributed by atoms with Crippen molar-refractivity contribution in [2.45, 2.75) is 64.5 Å². The van der Waals surface area contributed by atoms with E-state index in [0.29, 0.717) is 18.9 Å². The molecule has 3 heteroatoms. The zero-order valence-electron chi connectivity index (χ0n) is 13.2. The molecule has 1 fully saturated rings. The van der Waals surface area contributed by atoms with Crippen LogP contribution < -0.4 is 14.8 Å². The second kappa shape index (κ2) is 6.69. The zero-order valence-corrected chi connectivity index (χ0v) is 13.2. The number of fused-ring (bicyclic) bond motifs is 1. The molecule has 1 N–H and O–H groups in total. The molecule has 3 rings (SSSR count). The minimum Gasteiger partial charge on any atom is -0.454 e. The SMILES string of the molecule is CC(CCc1ccc2c(c1)OCO2)N[C@H](C)C1CCCC1. The van der Waals surface area contributed by atoms with Crippen molar-refractivity contribution in [2.24, 2.45) is 5.92 Å². The number of hydrogen-bond acceptors (Lipinski definition) is 3. The zero-order chi connectivity index (χ0) is 14.7. The third-order valence-corrected chi connectivity index (χ3v) is 4.96. The predicted octanol–water partition coefficient (Wildman–Crippen LogP) is 3.90. The molecule has 0 amide bonds. The van der Waals surface area contributed by atoms with Crippen molar-refractivity contribution < 1.29 is 9.47 Å². The van der Waals surface area contributed by atoms with Crippen molar-refractivity contribution in [3.05, 3.63) is 23.8 Å². The summed E-state index contributed by atoms with van der Waals surface area (Å²) in [5, 5.41) is 3.79. The Bertz CT molecular complexity index is 468. The minimum atomic E-state index is 0.357. The van der Waals surface area contributed by atoms with Gasteiger partial charge in [0.1, 0.15) is 0 Å². The van der Waals surface area contributed by atoms with Gasteiger partial charge < -0.3 is 14.8 Å². The van der Waals surface area contributed by atoms with E-state index in [2.05, 4.69) is 31.3 Å². The highest BCUT2D eigenvalue weighted by Crippen LogP contribution is 2.33. The van der Waals surface area contributed by atoms with Crippen LogP contribution in [0.2, 0.25) is 0 Å². The Balaban J connectivity index is 1.45. The molecular weight excluding hydrogens is 262 g/mol. The fourth-order valence-corrected chi connectivity index (χ4v) is 3.61. The van der Waals surface area contributed by atoms with E-state index in [1.54, 1.807) is 0 Å². The average molecular weight is 289 g/mol. The Hall–Kier alpha value is -1.22. The molecule has 1 aromatic carbocycles. The summed E-state index contributed by atoms with van der Waals surface area (Å²) in [5.74, 6) is 2.66. The predicted molar refractivity (Wildman–Crippen MR) is 84.9 cm³/mol. The number of ether oxygens (including phenoxy) is 2. The van der Waals surface area contributed by atoms with E-state index >= 15 is 0 Å². The first-order valence-corrected chi connectivity index (χ1v) is 8.37. The van der Waals surface area contributed by atoms with Crippen molar-refractivity contribution in [2.75, 3.05) is 6.79 Å². The Morgan fingerprint density at radius 1 is 1.14 bits per heavy atom. The van der Waals surface area contributed by atoms with Crippen LogP contribution in [0, 0.1) is 5.92 Å². The van der Waals surface area contributed by atoms with Gasteiger partial charge in [0.25, 0.3) is 0 Å². The van der Waals surface area contributed by atoms with E-state index in [0.717, 1.165) is 30.3 Å². The summed E-state index contributed by atoms with van der Waals surface area (Å²) in [5.41, 5.74) is 1.33. The maximum absolute atomic E-state index is 5.44. The molecule has 0 aromatic heterocycles. The van der Waals surface area contributed by atoms with Crippen LogP contribution in [0.4, 0.5) is 0 Å². The van der Waals surface area contributed by atoms with Crippen molar-refractivity contribution in [3.8, 4) is 11.5 Å². The minimum absolute atomic E-state index is 0.357. The summed E-state index contributed by atoms with van der Waals surface area (Å²) in [4.78, 5) is 0. The third-order valence-electron chi connectivity index (χ3n) is 4.96. The van der Waals surface area contributed by atoms with E-state index in [1.807, 2.05) is 6.07 Å². The van der Waals surface area contributed by atoms with Gasteiger partial charge in [0.15, 0.2) is 11.5 Å². The van der Waals surface area contributed by atoms with E-state index in [9.17, 15) is 0 Å². The lowest BCUT2D eigenvalue weighted by Gasteiger charge is -2.25. The lowest BCUT2D eigenvalue weighted by molar-refractivity contribution is 0.174. The Morgan fingerprint density at radius 2 is 1.90 bits per heavy atom. The first kappa shape index (κ1) is 14.7. The van der Waals surface area contributed by atoms with Crippen LogP contribution in [0.1, 0.15) is 51.5 Å². The van der Waals surface area contributed by atoms with Gasteiger partial charge >= 0.3 is 0 Å². The standard InChI is InChI=1S/C18H27NO2/c1-13(19-14(2)16-5-3-4-6-16)7-8-15-9-10-17-18(11-15)21-12-20-17/h9-11,13-14,16,19H,3-8,12H2,1-2H3/t13?,14-/m1/s1. The van der Waals surface area contributed by atoms with Crippen molar-refractivity contribution in [3.63, 3.8) is 0 Å². The second-order valence-corrected chi connectivity index (χ2v) is 6.63. The van der Waals surface area contributed by atoms with E-state index in [1.165, 1.54) is 31.2 Å². The monoisotopic (exact) mass is 289 g/mol. The van der Waals surface area contributed by atoms with Crippen LogP contribution in [0.3, 0.4) is 0 Å². The normalized spacial score (nSPS) is 20.7. The van der Waals surface area contributed by atoms with Crippen LogP contribution in [-0.4, -0.2) is 18.9 Å². The van der Waals surface area contributed by atoms with Gasteiger partial charge in [-0.1, -0.05) is 18.9 Å². The van der Waals surface area contributed by atoms with E-state index in [-0.39, 0.29) is 0 Å². The van der Waals surface area contributed by atoms with Gasteiger partial charge in [-0.15, -0.1) is 0 Å². The Morgan fingerprint density at radius 3 is 2.71 bits per heavy atom. The first-order valence-electron chi connectivity index (χ1n) is 8.37. The van der Waals surface area contributed by atoms with Crippen LogP contribution in [0.15, 0.2) is 18.2 Å². The molecular formula is C18H27NO2. The van der Waals surface area contributed by atoms with Gasteiger partial charge in [0.2, 0.25) is 6.79 Å². The molecule has 0 radical (unpaired) electrons. The van der Waals surface area contributed by atoms with Gasteiger partial charge in [-0.25, -0.2) is 0 Å². The fourth-order valence-electron chi connectivity index (χ4n) is 3.61. The summed E-state index contributed by atoms with van der Waals surface area (Å²) in [6.07, 6.45) is 7.90. The quantitative estimate of drug-likeness (QED) is 0.861. The van der Waals surface area contributed by atoms with Crippen molar-refractivity contribution in [1.82, 2.24) is 5.32 Å². The largest absolute Gasteiger partial charge is 0.454 e. The maximum Gasteiger partial charge on any atom is 0.231 e. The molecule has 1 aromatic rings. The van der Waals surface area contributed by atoms with E-state index in [4.69, 9.17) is 9.47 Å². The summed E-state index contributed by atoms with van der Waals surface area (Å²) >= 11 is 0. The van der Waals surface area contributed by atoms with Crippen molar-refractivity contribution >= 4 is 0 Å². The van der Waals surface area contributed by atoms with Gasteiger partial charge in [0.05, 0.1) is 0 Å². The van der Waals surface area contributed by atoms with Gasteiger partial charge in [-0.2, -0.15) is 0 Å². The van der Waals surface area contributed by atoms with E-state index < -0.39 is 0 Å². The number of rotatable bonds is 6. The fraction of sp³-hybridized carbons (Fsp3) is 0.667. The molecule has 1 saturated carbocycles. The highest BCUT2D eigenvalue weighted by molar-refractivity contribution is 5.44. The number of nitrogens with one attached hydrogen (secondary N) is 1. The van der Waals surface area contributed by atoms with Crippen LogP contribution in [0.5, 0.6) is 11.5 Å². The molecule has 116 valence electrons. The highest BCUT2D eigenvalue weighted by atomic mass is 16.7. The van der Waals surface area contributed by atoms with Crippen LogP contribution >= 0.6 is 0 Å². The summed E-state index contributed by atoms with van der Waals surface area (Å²) in [6, 6.07) is 7.51. The molecule has 21 heavy (non-hydrogen) atoms. The summed E-state index contributed by atoms with van der Waals surface area (Å²) in [7, 11) is 0. The number of hydrogen-bond donors (Lipinski definition) is 1. The molecule has 1 aliphatic heterocycles. The molecule has 0 spiro atoms. The Kier molecular flexibility index (Phi) is 4.69. The van der Waals surface area contributed by atoms with Crippen LogP contribution in [0.25, 0.3) is 0 Å². The van der Waals surface area contributed by atoms with Crippen LogP contribution in [-0.2, 0) is 6.42 Å². The third kappa shape index (κ3) is 3.70. The smallest absolute Gasteiger partial charge is 0.231 e. The van der Waals surface area contributed by atoms with Gasteiger partial charge in [0, 0.05) is 12.1 Å². The molecule has 2 atom stereocenters. The lowest BCUT2D eigenvalue weighted by Crippen LogP contribution is -2.38. The molecule has 0 bridgehead atoms. The summed E-state index contributed by atoms with van der Waals surface area (Å²) < 4.78 is 10.8. The lowest BCUT2D eigenvalue weighted by atomic mass is 9.98. The molecule has 0 saturated heterocycles. The number of benzene rings is 1. The highest BCUT2D eigenvalue weighted by Gasteiger charge is 2.22. The molecule has 1 heterocycles. The Labute approximate surface area is 128 Å². The molecule has 3 nitrogen and oxygen atoms in total. The van der Waals surface area contributed by atoms with Crippen molar-refractivity contribution in [1.29, 1.82) is 0 Å². The first-order chi connectivity index (χ1) is 10.2. The molecule has 1 aliphatic carbocycles. The number of aryl methyl sites for hydroxylation is 1. The van der Waals surface area contributed by atoms with Gasteiger partial charge in [-0.3, -0.25) is 0 Å². The van der Waals surface area contributed by atoms with Gasteiger partial charge in [-0.05, 0) is 63.1 Å². The topological polar surface area (TPSA) is 30.5 Å². The summed E-state index contributed by atoms with van der Waals surface area (Å²) in [6.45, 7) is 5.02.